The van der Waals surface area contributed by atoms with Gasteiger partial charge in [-0.25, -0.2) is 0 Å². The van der Waals surface area contributed by atoms with Crippen LogP contribution < -0.4 is 15.8 Å². The summed E-state index contributed by atoms with van der Waals surface area (Å²) in [7, 11) is 0. The van der Waals surface area contributed by atoms with E-state index in [0.717, 1.165) is 5.56 Å². The average Bonchev–Trinajstić information content (AvgIpc) is 2.99. The van der Waals surface area contributed by atoms with Gasteiger partial charge in [-0.15, -0.1) is 0 Å². The fourth-order valence-corrected chi connectivity index (χ4v) is 4.09. The third-order valence-electron chi connectivity index (χ3n) is 5.38. The molecule has 0 saturated heterocycles. The van der Waals surface area contributed by atoms with E-state index in [9.17, 15) is 14.7 Å². The largest absolute Gasteiger partial charge is 0.454 e. The Balaban J connectivity index is 2.00. The number of carbonyl (C=O) groups excluding carboxylic acids is 2. The molecule has 0 spiro atoms. The number of ketones is 1. The first-order valence-electron chi connectivity index (χ1n) is 8.73. The lowest BCUT2D eigenvalue weighted by molar-refractivity contribution is -0.175. The van der Waals surface area contributed by atoms with Gasteiger partial charge in [0.1, 0.15) is 5.75 Å². The molecule has 0 saturated carbocycles. The van der Waals surface area contributed by atoms with E-state index in [1.54, 1.807) is 30.3 Å². The fraction of sp³-hybridized carbons (Fsp3) is 0.300. The van der Waals surface area contributed by atoms with Gasteiger partial charge < -0.3 is 20.9 Å². The van der Waals surface area contributed by atoms with Gasteiger partial charge in [0.05, 0.1) is 5.56 Å². The average molecular weight is 421 g/mol. The molecule has 6 nitrogen and oxygen atoms in total. The number of benzene rings is 2. The normalized spacial score (nSPS) is 24.8. The van der Waals surface area contributed by atoms with E-state index in [4.69, 9.17) is 33.7 Å². The number of halogens is 2. The van der Waals surface area contributed by atoms with E-state index in [2.05, 4.69) is 5.32 Å². The van der Waals surface area contributed by atoms with Crippen LogP contribution in [0.2, 0.25) is 0 Å². The number of fused-ring (bicyclic) bond motifs is 5. The summed E-state index contributed by atoms with van der Waals surface area (Å²) in [6.07, 6.45) is 0. The van der Waals surface area contributed by atoms with Crippen LogP contribution in [0, 0.1) is 0 Å². The van der Waals surface area contributed by atoms with Gasteiger partial charge in [-0.05, 0) is 23.6 Å². The number of nitrogen functional groups attached to an aromatic ring is 1. The molecule has 0 bridgehead atoms. The van der Waals surface area contributed by atoms with Gasteiger partial charge in [0, 0.05) is 16.8 Å². The molecule has 4 N–H and O–H groups in total. The van der Waals surface area contributed by atoms with Crippen LogP contribution in [0.25, 0.3) is 0 Å². The van der Waals surface area contributed by atoms with Gasteiger partial charge in [0.15, 0.2) is 4.84 Å². The van der Waals surface area contributed by atoms with Crippen molar-refractivity contribution < 1.29 is 19.4 Å². The number of nitrogens with one attached hydrogen (secondary N) is 1. The second-order valence-corrected chi connectivity index (χ2v) is 8.39. The molecule has 0 aromatic heterocycles. The van der Waals surface area contributed by atoms with Crippen molar-refractivity contribution in [3.8, 4) is 5.75 Å². The molecule has 4 rings (SSSR count). The highest BCUT2D eigenvalue weighted by molar-refractivity contribution is 6.53. The van der Waals surface area contributed by atoms with Gasteiger partial charge in [0.2, 0.25) is 11.3 Å². The Labute approximate surface area is 171 Å². The number of Topliss-reactive ketones (excluding diaryl/α,β-unsaturated/α-hetero) is 1. The smallest absolute Gasteiger partial charge is 0.271 e. The van der Waals surface area contributed by atoms with Crippen LogP contribution >= 0.6 is 23.2 Å². The quantitative estimate of drug-likeness (QED) is 0.523. The molecule has 1 heterocycles. The highest BCUT2D eigenvalue weighted by atomic mass is 35.5. The number of anilines is 1. The first-order valence-corrected chi connectivity index (χ1v) is 9.60. The number of nitrogens with two attached hydrogens (primary N) is 1. The summed E-state index contributed by atoms with van der Waals surface area (Å²) in [6, 6.07) is 9.94. The predicted octanol–water partition coefficient (Wildman–Crippen LogP) is 2.94. The van der Waals surface area contributed by atoms with Crippen molar-refractivity contribution >= 4 is 40.6 Å². The number of rotatable bonds is 3. The van der Waals surface area contributed by atoms with E-state index >= 15 is 0 Å². The minimum atomic E-state index is -2.18. The molecule has 2 aliphatic rings. The number of amides is 1. The van der Waals surface area contributed by atoms with E-state index in [-0.39, 0.29) is 22.7 Å². The number of ether oxygens (including phenoxy) is 1. The minimum absolute atomic E-state index is 0.101. The predicted molar refractivity (Wildman–Crippen MR) is 106 cm³/mol. The van der Waals surface area contributed by atoms with Crippen molar-refractivity contribution in [3.63, 3.8) is 0 Å². The van der Waals surface area contributed by atoms with Gasteiger partial charge in [-0.1, -0.05) is 61.3 Å². The zero-order valence-electron chi connectivity index (χ0n) is 15.1. The summed E-state index contributed by atoms with van der Waals surface area (Å²) in [5.74, 6) is -3.09. The Morgan fingerprint density at radius 1 is 1.21 bits per heavy atom. The molecule has 28 heavy (non-hydrogen) atoms. The second kappa shape index (κ2) is 6.11. The molecule has 1 amide bonds. The maximum atomic E-state index is 13.5. The summed E-state index contributed by atoms with van der Waals surface area (Å²) >= 11 is 11.4. The lowest BCUT2D eigenvalue weighted by Gasteiger charge is -2.34. The Bertz CT molecular complexity index is 1020. The van der Waals surface area contributed by atoms with Crippen molar-refractivity contribution in [2.45, 2.75) is 35.9 Å². The highest BCUT2D eigenvalue weighted by Gasteiger charge is 2.72. The number of carbonyl (C=O) groups is 2. The molecule has 2 unspecified atom stereocenters. The topological polar surface area (TPSA) is 102 Å². The van der Waals surface area contributed by atoms with Crippen molar-refractivity contribution in [2.75, 3.05) is 5.73 Å². The Morgan fingerprint density at radius 2 is 1.93 bits per heavy atom. The summed E-state index contributed by atoms with van der Waals surface area (Å²) in [6.45, 7) is 4.02. The number of hydrogen-bond donors (Lipinski definition) is 3. The van der Waals surface area contributed by atoms with Gasteiger partial charge in [0.25, 0.3) is 11.7 Å². The standard InChI is InChI=1S/C20H18Cl2N2O4/c1-9(2)10-6-7-11-14(8-10)28-20(27)12-4-3-5-13(23)15(12)16(25)19(11,20)24-18(26)17(21)22/h3-9,17,27H,23H2,1-2H3,(H,24,26). The summed E-state index contributed by atoms with van der Waals surface area (Å²) < 4.78 is 5.92. The van der Waals surface area contributed by atoms with E-state index in [0.29, 0.717) is 11.3 Å². The zero-order valence-corrected chi connectivity index (χ0v) is 16.6. The SMILES string of the molecule is CC(C)c1ccc2c(c1)OC1(O)c3cccc(N)c3C(=O)C21NC(=O)C(Cl)Cl. The van der Waals surface area contributed by atoms with E-state index in [1.165, 1.54) is 0 Å². The maximum Gasteiger partial charge on any atom is 0.271 e. The first kappa shape index (κ1) is 19.1. The molecular weight excluding hydrogens is 403 g/mol. The van der Waals surface area contributed by atoms with Crippen LogP contribution in [0.15, 0.2) is 36.4 Å². The third kappa shape index (κ3) is 2.25. The minimum Gasteiger partial charge on any atom is -0.454 e. The van der Waals surface area contributed by atoms with Crippen LogP contribution in [-0.4, -0.2) is 21.6 Å². The Kier molecular flexibility index (Phi) is 4.16. The molecule has 2 aromatic carbocycles. The molecule has 2 aromatic rings. The number of aliphatic hydroxyl groups is 1. The van der Waals surface area contributed by atoms with E-state index < -0.39 is 27.9 Å². The van der Waals surface area contributed by atoms with Crippen LogP contribution in [0.5, 0.6) is 5.75 Å². The van der Waals surface area contributed by atoms with Gasteiger partial charge in [-0.3, -0.25) is 9.59 Å². The summed E-state index contributed by atoms with van der Waals surface area (Å²) in [4.78, 5) is 24.5. The first-order chi connectivity index (χ1) is 13.1. The molecule has 0 fully saturated rings. The molecule has 1 aliphatic carbocycles. The van der Waals surface area contributed by atoms with Crippen molar-refractivity contribution in [3.05, 3.63) is 58.7 Å². The van der Waals surface area contributed by atoms with Crippen LogP contribution in [-0.2, 0) is 16.1 Å². The van der Waals surface area contributed by atoms with Gasteiger partial charge in [-0.2, -0.15) is 0 Å². The van der Waals surface area contributed by atoms with Crippen LogP contribution in [0.1, 0.15) is 46.8 Å². The fourth-order valence-electron chi connectivity index (χ4n) is 3.99. The highest BCUT2D eigenvalue weighted by Crippen LogP contribution is 2.59. The van der Waals surface area contributed by atoms with E-state index in [1.807, 2.05) is 19.9 Å². The van der Waals surface area contributed by atoms with Crippen molar-refractivity contribution in [1.29, 1.82) is 0 Å². The van der Waals surface area contributed by atoms with Crippen LogP contribution in [0.3, 0.4) is 0 Å². The van der Waals surface area contributed by atoms with Crippen LogP contribution in [0.4, 0.5) is 5.69 Å². The third-order valence-corrected chi connectivity index (χ3v) is 5.78. The Hall–Kier alpha value is -2.28. The molecule has 2 atom stereocenters. The molecular formula is C20H18Cl2N2O4. The zero-order chi connectivity index (χ0) is 20.4. The van der Waals surface area contributed by atoms with Crippen molar-refractivity contribution in [2.24, 2.45) is 0 Å². The second-order valence-electron chi connectivity index (χ2n) is 7.30. The molecule has 146 valence electrons. The number of alkyl halides is 2. The molecule has 8 heteroatoms. The summed E-state index contributed by atoms with van der Waals surface area (Å²) in [5, 5.41) is 14.2. The summed E-state index contributed by atoms with van der Waals surface area (Å²) in [5.41, 5.74) is 5.81. The molecule has 1 aliphatic heterocycles. The number of hydrogen-bond acceptors (Lipinski definition) is 5. The molecule has 0 radical (unpaired) electrons. The van der Waals surface area contributed by atoms with Crippen molar-refractivity contribution in [1.82, 2.24) is 5.32 Å². The monoisotopic (exact) mass is 420 g/mol. The lowest BCUT2D eigenvalue weighted by Crippen LogP contribution is -2.61. The lowest BCUT2D eigenvalue weighted by atomic mass is 9.82. The Morgan fingerprint density at radius 3 is 2.57 bits per heavy atom. The van der Waals surface area contributed by atoms with Gasteiger partial charge >= 0.3 is 0 Å². The maximum absolute atomic E-state index is 13.5.